The quantitative estimate of drug-likeness (QED) is 0.715. The third-order valence-corrected chi connectivity index (χ3v) is 3.30. The predicted octanol–water partition coefficient (Wildman–Crippen LogP) is 1.20. The molecule has 0 bridgehead atoms. The van der Waals surface area contributed by atoms with Gasteiger partial charge < -0.3 is 14.6 Å². The molecule has 16 heavy (non-hydrogen) atoms. The third-order valence-electron chi connectivity index (χ3n) is 3.30. The molecule has 0 amide bonds. The number of nitrogens with zero attached hydrogens (tertiary/aromatic N) is 1. The third kappa shape index (κ3) is 1.30. The van der Waals surface area contributed by atoms with Gasteiger partial charge in [-0.2, -0.15) is 0 Å². The van der Waals surface area contributed by atoms with E-state index < -0.39 is 6.10 Å². The van der Waals surface area contributed by atoms with Crippen LogP contribution < -0.4 is 9.47 Å². The summed E-state index contributed by atoms with van der Waals surface area (Å²) in [6.45, 7) is 3.79. The molecule has 1 N–H and O–H groups in total. The number of aliphatic hydroxyl groups is 1. The number of likely N-dealkylation sites (N-methyl/N-ethyl adjacent to an activating group) is 1. The highest BCUT2D eigenvalue weighted by atomic mass is 16.7. The molecule has 86 valence electrons. The summed E-state index contributed by atoms with van der Waals surface area (Å²) in [7, 11) is 2.01. The maximum absolute atomic E-state index is 10.1. The smallest absolute Gasteiger partial charge is 0.231 e. The molecule has 3 rings (SSSR count). The molecular weight excluding hydrogens is 206 g/mol. The van der Waals surface area contributed by atoms with Gasteiger partial charge in [-0.05, 0) is 31.2 Å². The van der Waals surface area contributed by atoms with E-state index in [0.717, 1.165) is 34.7 Å². The fourth-order valence-corrected chi connectivity index (χ4v) is 2.62. The van der Waals surface area contributed by atoms with Crippen LogP contribution in [0.5, 0.6) is 11.5 Å². The summed E-state index contributed by atoms with van der Waals surface area (Å²) in [4.78, 5) is 2.11. The summed E-state index contributed by atoms with van der Waals surface area (Å²) >= 11 is 0. The molecule has 2 aliphatic heterocycles. The highest BCUT2D eigenvalue weighted by molar-refractivity contribution is 5.56. The van der Waals surface area contributed by atoms with E-state index in [-0.39, 0.29) is 6.79 Å². The summed E-state index contributed by atoms with van der Waals surface area (Å²) in [6, 6.07) is 1.99. The van der Waals surface area contributed by atoms with Crippen molar-refractivity contribution < 1.29 is 14.6 Å². The molecule has 1 aromatic carbocycles. The van der Waals surface area contributed by atoms with Gasteiger partial charge in [-0.1, -0.05) is 0 Å². The van der Waals surface area contributed by atoms with Gasteiger partial charge in [0, 0.05) is 18.7 Å². The van der Waals surface area contributed by atoms with Crippen LogP contribution in [0.4, 0.5) is 0 Å². The second-order valence-electron chi connectivity index (χ2n) is 4.52. The van der Waals surface area contributed by atoms with Crippen LogP contribution in [0.2, 0.25) is 0 Å². The van der Waals surface area contributed by atoms with Crippen LogP contribution in [0.25, 0.3) is 0 Å². The summed E-state index contributed by atoms with van der Waals surface area (Å²) in [5, 5.41) is 10.1. The molecule has 0 aromatic heterocycles. The van der Waals surface area contributed by atoms with Crippen LogP contribution in [-0.2, 0) is 6.54 Å². The van der Waals surface area contributed by atoms with E-state index in [1.807, 2.05) is 20.0 Å². The zero-order chi connectivity index (χ0) is 11.3. The molecule has 0 fully saturated rings. The van der Waals surface area contributed by atoms with Gasteiger partial charge in [0.25, 0.3) is 0 Å². The maximum atomic E-state index is 10.1. The Labute approximate surface area is 94.4 Å². The molecule has 0 radical (unpaired) electrons. The van der Waals surface area contributed by atoms with E-state index in [2.05, 4.69) is 4.90 Å². The number of ether oxygens (including phenoxy) is 2. The molecule has 2 heterocycles. The largest absolute Gasteiger partial charge is 0.454 e. The number of rotatable bonds is 0. The van der Waals surface area contributed by atoms with Crippen LogP contribution in [0.15, 0.2) is 6.07 Å². The number of aliphatic hydroxyl groups excluding tert-OH is 1. The van der Waals surface area contributed by atoms with Crippen LogP contribution in [0.1, 0.15) is 22.8 Å². The Bertz CT molecular complexity index is 444. The Kier molecular flexibility index (Phi) is 2.09. The van der Waals surface area contributed by atoms with Crippen molar-refractivity contribution in [1.29, 1.82) is 0 Å². The Morgan fingerprint density at radius 2 is 2.25 bits per heavy atom. The first-order chi connectivity index (χ1) is 7.66. The lowest BCUT2D eigenvalue weighted by Gasteiger charge is -2.30. The Morgan fingerprint density at radius 1 is 1.44 bits per heavy atom. The highest BCUT2D eigenvalue weighted by Crippen LogP contribution is 2.42. The molecule has 0 saturated carbocycles. The van der Waals surface area contributed by atoms with Crippen LogP contribution in [-0.4, -0.2) is 30.4 Å². The average molecular weight is 221 g/mol. The second-order valence-corrected chi connectivity index (χ2v) is 4.52. The Morgan fingerprint density at radius 3 is 3.06 bits per heavy atom. The number of hydrogen-bond acceptors (Lipinski definition) is 4. The standard InChI is InChI=1S/C12H15NO3/c1-7-11-8(4-13(2)5-9(11)14)3-10-12(7)16-6-15-10/h3,9,14H,4-6H2,1-2H3/t9-/m0/s1. The van der Waals surface area contributed by atoms with Crippen molar-refractivity contribution in [1.82, 2.24) is 4.90 Å². The molecule has 0 saturated heterocycles. The van der Waals surface area contributed by atoms with Gasteiger partial charge in [-0.3, -0.25) is 4.90 Å². The van der Waals surface area contributed by atoms with Crippen molar-refractivity contribution in [3.05, 3.63) is 22.8 Å². The van der Waals surface area contributed by atoms with Crippen molar-refractivity contribution in [3.63, 3.8) is 0 Å². The predicted molar refractivity (Wildman–Crippen MR) is 58.6 cm³/mol. The van der Waals surface area contributed by atoms with E-state index in [9.17, 15) is 5.11 Å². The molecule has 1 aromatic rings. The summed E-state index contributed by atoms with van der Waals surface area (Å²) in [5.41, 5.74) is 3.18. The first-order valence-electron chi connectivity index (χ1n) is 5.45. The van der Waals surface area contributed by atoms with Gasteiger partial charge in [0.15, 0.2) is 11.5 Å². The van der Waals surface area contributed by atoms with E-state index >= 15 is 0 Å². The van der Waals surface area contributed by atoms with E-state index in [1.54, 1.807) is 0 Å². The minimum Gasteiger partial charge on any atom is -0.454 e. The summed E-state index contributed by atoms with van der Waals surface area (Å²) in [5.74, 6) is 1.60. The Hall–Kier alpha value is -1.26. The lowest BCUT2D eigenvalue weighted by Crippen LogP contribution is -2.30. The van der Waals surface area contributed by atoms with E-state index in [0.29, 0.717) is 6.54 Å². The fraction of sp³-hybridized carbons (Fsp3) is 0.500. The van der Waals surface area contributed by atoms with Crippen LogP contribution >= 0.6 is 0 Å². The number of benzene rings is 1. The molecule has 2 aliphatic rings. The monoisotopic (exact) mass is 221 g/mol. The molecule has 1 atom stereocenters. The van der Waals surface area contributed by atoms with Gasteiger partial charge in [-0.15, -0.1) is 0 Å². The lowest BCUT2D eigenvalue weighted by molar-refractivity contribution is 0.107. The molecule has 0 unspecified atom stereocenters. The van der Waals surface area contributed by atoms with Crippen molar-refractivity contribution in [2.75, 3.05) is 20.4 Å². The second kappa shape index (κ2) is 3.37. The van der Waals surface area contributed by atoms with Crippen molar-refractivity contribution in [2.45, 2.75) is 19.6 Å². The maximum Gasteiger partial charge on any atom is 0.231 e. The zero-order valence-corrected chi connectivity index (χ0v) is 9.49. The number of fused-ring (bicyclic) bond motifs is 2. The molecule has 0 aliphatic carbocycles. The molecule has 0 spiro atoms. The van der Waals surface area contributed by atoms with Crippen molar-refractivity contribution in [2.24, 2.45) is 0 Å². The fourth-order valence-electron chi connectivity index (χ4n) is 2.62. The molecular formula is C12H15NO3. The van der Waals surface area contributed by atoms with E-state index in [1.165, 1.54) is 0 Å². The van der Waals surface area contributed by atoms with Crippen LogP contribution in [0, 0.1) is 6.92 Å². The van der Waals surface area contributed by atoms with Crippen LogP contribution in [0.3, 0.4) is 0 Å². The van der Waals surface area contributed by atoms with Crippen molar-refractivity contribution in [3.8, 4) is 11.5 Å². The summed E-state index contributed by atoms with van der Waals surface area (Å²) < 4.78 is 10.8. The topological polar surface area (TPSA) is 41.9 Å². The first-order valence-corrected chi connectivity index (χ1v) is 5.45. The van der Waals surface area contributed by atoms with Crippen molar-refractivity contribution >= 4 is 0 Å². The normalized spacial score (nSPS) is 23.3. The molecule has 4 nitrogen and oxygen atoms in total. The Balaban J connectivity index is 2.18. The van der Waals surface area contributed by atoms with Gasteiger partial charge in [0.05, 0.1) is 6.10 Å². The zero-order valence-electron chi connectivity index (χ0n) is 9.49. The lowest BCUT2D eigenvalue weighted by atomic mass is 9.92. The number of hydrogen-bond donors (Lipinski definition) is 1. The summed E-state index contributed by atoms with van der Waals surface area (Å²) in [6.07, 6.45) is -0.428. The van der Waals surface area contributed by atoms with Gasteiger partial charge in [0.2, 0.25) is 6.79 Å². The highest BCUT2D eigenvalue weighted by Gasteiger charge is 2.29. The number of β-amino-alcohol motifs (C(OH)–C–C–N with tert-alkyl or cyclic N) is 1. The minimum atomic E-state index is -0.428. The average Bonchev–Trinajstić information content (AvgIpc) is 2.64. The minimum absolute atomic E-state index is 0.283. The van der Waals surface area contributed by atoms with Gasteiger partial charge >= 0.3 is 0 Å². The SMILES string of the molecule is Cc1c2c(cc3c1[C@@H](O)CN(C)C3)OCO2. The van der Waals surface area contributed by atoms with Gasteiger partial charge in [-0.25, -0.2) is 0 Å². The first kappa shape index (κ1) is 9.93. The van der Waals surface area contributed by atoms with Gasteiger partial charge in [0.1, 0.15) is 0 Å². The van der Waals surface area contributed by atoms with E-state index in [4.69, 9.17) is 9.47 Å². The molecule has 4 heteroatoms.